The fourth-order valence-electron chi connectivity index (χ4n) is 2.65. The molecule has 15 nitrogen and oxygen atoms in total. The SMILES string of the molecule is COc1cc(/C=C/C(=O)C(N)CCC(O)(P(=O)(O)O)P(=O)(O)O)ccc1OC(=O)CCC[N+](=O)[O-]. The topological polar surface area (TPSA) is 257 Å². The lowest BCUT2D eigenvalue weighted by Gasteiger charge is -2.29. The van der Waals surface area contributed by atoms with Crippen LogP contribution in [0, 0.1) is 10.1 Å². The van der Waals surface area contributed by atoms with Gasteiger partial charge in [-0.3, -0.25) is 28.8 Å². The number of nitro groups is 1. The van der Waals surface area contributed by atoms with Gasteiger partial charge in [-0.05, 0) is 30.2 Å². The molecule has 1 aromatic rings. The van der Waals surface area contributed by atoms with Crippen LogP contribution in [-0.4, -0.2) is 66.1 Å². The van der Waals surface area contributed by atoms with E-state index in [4.69, 9.17) is 34.8 Å². The molecule has 1 rings (SSSR count). The lowest BCUT2D eigenvalue weighted by Crippen LogP contribution is -2.35. The first-order valence-corrected chi connectivity index (χ1v) is 13.1. The Balaban J connectivity index is 2.84. The molecule has 0 bridgehead atoms. The smallest absolute Gasteiger partial charge is 0.369 e. The largest absolute Gasteiger partial charge is 0.493 e. The quantitative estimate of drug-likeness (QED) is 0.0465. The maximum Gasteiger partial charge on any atom is 0.369 e. The standard InChI is InChI=1S/C18H26N2O13P2/c1-32-16-11-12(5-7-15(16)33-17(22)3-2-10-20(24)25)4-6-14(21)13(19)8-9-18(23,34(26,27)28)35(29,30)31/h4-7,11,13,23H,2-3,8-10,19H2,1H3,(H2,26,27,28)(H2,29,30,31)/b6-4+. The van der Waals surface area contributed by atoms with Crippen LogP contribution in [0.4, 0.5) is 0 Å². The van der Waals surface area contributed by atoms with Crippen LogP contribution in [0.15, 0.2) is 24.3 Å². The molecule has 35 heavy (non-hydrogen) atoms. The maximum absolute atomic E-state index is 12.2. The zero-order valence-electron chi connectivity index (χ0n) is 18.4. The van der Waals surface area contributed by atoms with Gasteiger partial charge in [-0.1, -0.05) is 12.1 Å². The molecule has 1 unspecified atom stereocenters. The molecular weight excluding hydrogens is 514 g/mol. The number of ether oxygens (including phenoxy) is 2. The summed E-state index contributed by atoms with van der Waals surface area (Å²) in [4.78, 5) is 70.3. The molecule has 0 radical (unpaired) electrons. The Labute approximate surface area is 199 Å². The number of nitrogens with zero attached hydrogens (tertiary/aromatic N) is 1. The summed E-state index contributed by atoms with van der Waals surface area (Å²) < 4.78 is 33.0. The zero-order valence-corrected chi connectivity index (χ0v) is 20.2. The summed E-state index contributed by atoms with van der Waals surface area (Å²) in [6.45, 7) is -0.385. The fraction of sp³-hybridized carbons (Fsp3) is 0.444. The van der Waals surface area contributed by atoms with Crippen LogP contribution in [0.3, 0.4) is 0 Å². The van der Waals surface area contributed by atoms with Crippen LogP contribution in [0.5, 0.6) is 11.5 Å². The molecule has 0 aliphatic carbocycles. The number of carbonyl (C=O) groups excluding carboxylic acids is 2. The van der Waals surface area contributed by atoms with Crippen molar-refractivity contribution < 1.29 is 57.8 Å². The molecule has 1 atom stereocenters. The van der Waals surface area contributed by atoms with Gasteiger partial charge in [-0.25, -0.2) is 0 Å². The van der Waals surface area contributed by atoms with Gasteiger partial charge in [-0.15, -0.1) is 0 Å². The van der Waals surface area contributed by atoms with Crippen molar-refractivity contribution in [2.45, 2.75) is 36.8 Å². The first-order chi connectivity index (χ1) is 16.0. The van der Waals surface area contributed by atoms with Crippen LogP contribution in [-0.2, 0) is 18.7 Å². The molecule has 0 saturated heterocycles. The first kappa shape index (κ1) is 30.6. The predicted octanol–water partition coefficient (Wildman–Crippen LogP) is 0.349. The van der Waals surface area contributed by atoms with Gasteiger partial charge in [0.25, 0.3) is 5.08 Å². The summed E-state index contributed by atoms with van der Waals surface area (Å²) in [6, 6.07) is 2.75. The second-order valence-corrected chi connectivity index (χ2v) is 11.3. The third kappa shape index (κ3) is 8.91. The molecule has 0 fully saturated rings. The summed E-state index contributed by atoms with van der Waals surface area (Å²) in [5, 5.41) is 16.5. The van der Waals surface area contributed by atoms with Gasteiger partial charge in [0.1, 0.15) is 0 Å². The summed E-state index contributed by atoms with van der Waals surface area (Å²) in [6.07, 6.45) is 0.305. The van der Waals surface area contributed by atoms with E-state index in [1.807, 2.05) is 0 Å². The van der Waals surface area contributed by atoms with E-state index in [1.54, 1.807) is 0 Å². The van der Waals surface area contributed by atoms with Crippen LogP contribution in [0.25, 0.3) is 6.08 Å². The zero-order chi connectivity index (χ0) is 27.0. The Hall–Kier alpha value is -2.48. The highest BCUT2D eigenvalue weighted by Crippen LogP contribution is 2.69. The van der Waals surface area contributed by atoms with E-state index in [1.165, 1.54) is 31.4 Å². The van der Waals surface area contributed by atoms with E-state index < -0.39 is 55.8 Å². The molecule has 0 aliphatic rings. The molecule has 7 N–H and O–H groups in total. The third-order valence-corrected chi connectivity index (χ3v) is 8.54. The molecule has 0 amide bonds. The second kappa shape index (κ2) is 12.5. The molecule has 0 spiro atoms. The van der Waals surface area contributed by atoms with E-state index in [9.17, 15) is 33.9 Å². The summed E-state index contributed by atoms with van der Waals surface area (Å²) in [7, 11) is -10.0. The number of carbonyl (C=O) groups is 2. The van der Waals surface area contributed by atoms with E-state index in [0.717, 1.165) is 6.08 Å². The lowest BCUT2D eigenvalue weighted by atomic mass is 10.1. The Morgan fingerprint density at radius 2 is 1.80 bits per heavy atom. The van der Waals surface area contributed by atoms with Crippen molar-refractivity contribution >= 4 is 33.0 Å². The molecule has 196 valence electrons. The summed E-state index contributed by atoms with van der Waals surface area (Å²) in [5.74, 6) is -1.34. The molecule has 0 aliphatic heterocycles. The number of rotatable bonds is 14. The highest BCUT2D eigenvalue weighted by Gasteiger charge is 2.58. The Morgan fingerprint density at radius 1 is 1.20 bits per heavy atom. The van der Waals surface area contributed by atoms with E-state index in [-0.39, 0.29) is 30.9 Å². The average Bonchev–Trinajstić information content (AvgIpc) is 2.74. The number of hydrogen-bond donors (Lipinski definition) is 6. The number of hydrogen-bond acceptors (Lipinski definition) is 10. The number of esters is 1. The number of ketones is 1. The maximum atomic E-state index is 12.2. The molecular formula is C18H26N2O13P2. The van der Waals surface area contributed by atoms with Crippen molar-refractivity contribution in [1.29, 1.82) is 0 Å². The minimum absolute atomic E-state index is 0.00292. The van der Waals surface area contributed by atoms with Crippen LogP contribution in [0.2, 0.25) is 0 Å². The van der Waals surface area contributed by atoms with Gasteiger partial charge in [-0.2, -0.15) is 0 Å². The fourth-order valence-corrected chi connectivity index (χ4v) is 4.85. The van der Waals surface area contributed by atoms with Gasteiger partial charge in [0.2, 0.25) is 6.54 Å². The predicted molar refractivity (Wildman–Crippen MR) is 120 cm³/mol. The minimum Gasteiger partial charge on any atom is -0.493 e. The van der Waals surface area contributed by atoms with E-state index >= 15 is 0 Å². The van der Waals surface area contributed by atoms with Crippen molar-refractivity contribution in [3.05, 3.63) is 40.0 Å². The van der Waals surface area contributed by atoms with Crippen LogP contribution in [0.1, 0.15) is 31.2 Å². The number of benzene rings is 1. The highest BCUT2D eigenvalue weighted by molar-refractivity contribution is 7.72. The number of methoxy groups -OCH3 is 1. The van der Waals surface area contributed by atoms with Crippen molar-refractivity contribution in [3.63, 3.8) is 0 Å². The van der Waals surface area contributed by atoms with E-state index in [0.29, 0.717) is 5.56 Å². The normalized spacial score (nSPS) is 13.5. The van der Waals surface area contributed by atoms with Crippen molar-refractivity contribution in [1.82, 2.24) is 0 Å². The Kier molecular flexibility index (Phi) is 10.9. The highest BCUT2D eigenvalue weighted by atomic mass is 31.2. The van der Waals surface area contributed by atoms with Crippen LogP contribution < -0.4 is 15.2 Å². The lowest BCUT2D eigenvalue weighted by molar-refractivity contribution is -0.480. The number of nitrogens with two attached hydrogens (primary N) is 1. The molecule has 1 aromatic carbocycles. The molecule has 0 saturated carbocycles. The second-order valence-electron chi connectivity index (χ2n) is 7.29. The monoisotopic (exact) mass is 540 g/mol. The molecule has 17 heteroatoms. The van der Waals surface area contributed by atoms with Gasteiger partial charge in [0.05, 0.1) is 19.6 Å². The van der Waals surface area contributed by atoms with Gasteiger partial charge < -0.3 is 39.9 Å². The van der Waals surface area contributed by atoms with Crippen molar-refractivity contribution in [2.24, 2.45) is 5.73 Å². The summed E-state index contributed by atoms with van der Waals surface area (Å²) >= 11 is 0. The van der Waals surface area contributed by atoms with Crippen molar-refractivity contribution in [2.75, 3.05) is 13.7 Å². The van der Waals surface area contributed by atoms with Crippen molar-refractivity contribution in [3.8, 4) is 11.5 Å². The summed E-state index contributed by atoms with van der Waals surface area (Å²) in [5.41, 5.74) is 6.01. The Morgan fingerprint density at radius 3 is 2.31 bits per heavy atom. The van der Waals surface area contributed by atoms with Crippen LogP contribution >= 0.6 is 15.2 Å². The van der Waals surface area contributed by atoms with Gasteiger partial charge in [0.15, 0.2) is 17.3 Å². The van der Waals surface area contributed by atoms with Gasteiger partial charge >= 0.3 is 21.2 Å². The third-order valence-electron chi connectivity index (χ3n) is 4.66. The first-order valence-electron chi connectivity index (χ1n) is 9.83. The van der Waals surface area contributed by atoms with E-state index in [2.05, 4.69) is 0 Å². The molecule has 0 heterocycles. The minimum atomic E-state index is -5.67. The van der Waals surface area contributed by atoms with Gasteiger partial charge in [0, 0.05) is 17.8 Å². The Bertz CT molecular complexity index is 1040. The average molecular weight is 540 g/mol. The number of aliphatic hydroxyl groups is 1. The molecule has 0 aromatic heterocycles.